The number of likely N-dealkylation sites (tertiary alicyclic amines) is 1. The average molecular weight is 369 g/mol. The highest BCUT2D eigenvalue weighted by atomic mass is 32.1. The molecule has 4 rings (SSSR count). The minimum Gasteiger partial charge on any atom is -0.354 e. The lowest BCUT2D eigenvalue weighted by Gasteiger charge is -2.24. The van der Waals surface area contributed by atoms with E-state index in [0.29, 0.717) is 17.0 Å². The molecule has 1 aliphatic rings. The first-order valence-corrected chi connectivity index (χ1v) is 9.34. The summed E-state index contributed by atoms with van der Waals surface area (Å²) in [5.41, 5.74) is 2.08. The highest BCUT2D eigenvalue weighted by Gasteiger charge is 2.33. The van der Waals surface area contributed by atoms with E-state index in [4.69, 9.17) is 0 Å². The van der Waals surface area contributed by atoms with E-state index in [-0.39, 0.29) is 17.9 Å². The van der Waals surface area contributed by atoms with Gasteiger partial charge < -0.3 is 10.2 Å². The SMILES string of the molecule is CNC(=O)c1ccc(C2CCCN2C(=O)c2cnc3ccnn3c2C)s1. The van der Waals surface area contributed by atoms with Crippen molar-refractivity contribution in [1.82, 2.24) is 24.8 Å². The zero-order valence-corrected chi connectivity index (χ0v) is 15.4. The molecule has 8 heteroatoms. The van der Waals surface area contributed by atoms with E-state index in [1.165, 1.54) is 11.3 Å². The fourth-order valence-corrected chi connectivity index (χ4v) is 4.54. The molecule has 1 N–H and O–H groups in total. The predicted octanol–water partition coefficient (Wildman–Crippen LogP) is 2.44. The van der Waals surface area contributed by atoms with Crippen LogP contribution in [0.1, 0.15) is 49.5 Å². The Hall–Kier alpha value is -2.74. The zero-order valence-electron chi connectivity index (χ0n) is 14.6. The van der Waals surface area contributed by atoms with Crippen LogP contribution in [0.4, 0.5) is 0 Å². The first kappa shape index (κ1) is 16.7. The van der Waals surface area contributed by atoms with Crippen LogP contribution in [0.2, 0.25) is 0 Å². The molecule has 1 atom stereocenters. The monoisotopic (exact) mass is 369 g/mol. The molecule has 1 aliphatic heterocycles. The van der Waals surface area contributed by atoms with Gasteiger partial charge in [-0.2, -0.15) is 5.10 Å². The molecule has 1 fully saturated rings. The Kier molecular flexibility index (Phi) is 4.20. The van der Waals surface area contributed by atoms with Crippen molar-refractivity contribution >= 4 is 28.8 Å². The number of aryl methyl sites for hydroxylation is 1. The summed E-state index contributed by atoms with van der Waals surface area (Å²) in [6.07, 6.45) is 5.15. The van der Waals surface area contributed by atoms with Gasteiger partial charge in [0.25, 0.3) is 11.8 Å². The van der Waals surface area contributed by atoms with Crippen molar-refractivity contribution in [1.29, 1.82) is 0 Å². The highest BCUT2D eigenvalue weighted by Crippen LogP contribution is 2.37. The second-order valence-electron chi connectivity index (χ2n) is 6.30. The summed E-state index contributed by atoms with van der Waals surface area (Å²) in [6.45, 7) is 2.59. The van der Waals surface area contributed by atoms with Crippen molar-refractivity contribution in [3.05, 3.63) is 51.6 Å². The number of amides is 2. The first-order valence-electron chi connectivity index (χ1n) is 8.52. The highest BCUT2D eigenvalue weighted by molar-refractivity contribution is 7.14. The molecule has 3 aromatic heterocycles. The number of hydrogen-bond donors (Lipinski definition) is 1. The summed E-state index contributed by atoms with van der Waals surface area (Å²) >= 11 is 1.45. The van der Waals surface area contributed by atoms with Gasteiger partial charge in [-0.15, -0.1) is 11.3 Å². The maximum Gasteiger partial charge on any atom is 0.261 e. The van der Waals surface area contributed by atoms with Crippen LogP contribution in [0.5, 0.6) is 0 Å². The van der Waals surface area contributed by atoms with Crippen LogP contribution in [0.3, 0.4) is 0 Å². The number of fused-ring (bicyclic) bond motifs is 1. The minimum absolute atomic E-state index is 0.00127. The van der Waals surface area contributed by atoms with Crippen LogP contribution in [0.15, 0.2) is 30.6 Å². The first-order chi connectivity index (χ1) is 12.6. The van der Waals surface area contributed by atoms with Crippen molar-refractivity contribution < 1.29 is 9.59 Å². The van der Waals surface area contributed by atoms with Crippen molar-refractivity contribution in [2.75, 3.05) is 13.6 Å². The maximum absolute atomic E-state index is 13.2. The third kappa shape index (κ3) is 2.66. The third-order valence-corrected chi connectivity index (χ3v) is 5.99. The Morgan fingerprint density at radius 3 is 2.96 bits per heavy atom. The normalized spacial score (nSPS) is 17.0. The summed E-state index contributed by atoms with van der Waals surface area (Å²) in [7, 11) is 1.62. The van der Waals surface area contributed by atoms with Gasteiger partial charge in [0.05, 0.1) is 28.4 Å². The molecule has 0 radical (unpaired) electrons. The lowest BCUT2D eigenvalue weighted by Crippen LogP contribution is -2.31. The predicted molar refractivity (Wildman–Crippen MR) is 98.4 cm³/mol. The standard InChI is InChI=1S/C18H19N5O2S/c1-11-12(10-20-16-7-8-21-23(11)16)18(25)22-9-3-4-13(22)14-5-6-15(26-14)17(24)19-2/h5-8,10,13H,3-4,9H2,1-2H3,(H,19,24). The Bertz CT molecular complexity index is 993. The van der Waals surface area contributed by atoms with Gasteiger partial charge in [-0.1, -0.05) is 0 Å². The van der Waals surface area contributed by atoms with Gasteiger partial charge in [-0.05, 0) is 31.9 Å². The molecule has 2 amide bonds. The van der Waals surface area contributed by atoms with Crippen molar-refractivity contribution in [2.45, 2.75) is 25.8 Å². The molecule has 134 valence electrons. The largest absolute Gasteiger partial charge is 0.354 e. The van der Waals surface area contributed by atoms with Gasteiger partial charge in [0.15, 0.2) is 5.65 Å². The molecule has 1 saturated heterocycles. The molecule has 1 unspecified atom stereocenters. The molecule has 0 saturated carbocycles. The maximum atomic E-state index is 13.2. The van der Waals surface area contributed by atoms with E-state index in [2.05, 4.69) is 15.4 Å². The van der Waals surface area contributed by atoms with E-state index in [1.807, 2.05) is 30.0 Å². The van der Waals surface area contributed by atoms with E-state index < -0.39 is 0 Å². The van der Waals surface area contributed by atoms with Gasteiger partial charge in [0, 0.05) is 30.7 Å². The number of thiophene rings is 1. The average Bonchev–Trinajstić information content (AvgIpc) is 3.39. The number of rotatable bonds is 3. The van der Waals surface area contributed by atoms with Crippen molar-refractivity contribution in [3.8, 4) is 0 Å². The lowest BCUT2D eigenvalue weighted by atomic mass is 10.1. The Labute approximate surface area is 154 Å². The number of nitrogens with one attached hydrogen (secondary N) is 1. The van der Waals surface area contributed by atoms with E-state index in [0.717, 1.165) is 29.1 Å². The summed E-state index contributed by atoms with van der Waals surface area (Å²) in [5, 5.41) is 6.88. The molecular formula is C18H19N5O2S. The third-order valence-electron chi connectivity index (χ3n) is 4.81. The Morgan fingerprint density at radius 1 is 1.31 bits per heavy atom. The number of hydrogen-bond acceptors (Lipinski definition) is 5. The van der Waals surface area contributed by atoms with E-state index >= 15 is 0 Å². The second kappa shape index (κ2) is 6.53. The number of aromatic nitrogens is 3. The zero-order chi connectivity index (χ0) is 18.3. The van der Waals surface area contributed by atoms with Crippen molar-refractivity contribution in [2.24, 2.45) is 0 Å². The molecule has 26 heavy (non-hydrogen) atoms. The Morgan fingerprint density at radius 2 is 2.15 bits per heavy atom. The smallest absolute Gasteiger partial charge is 0.261 e. The van der Waals surface area contributed by atoms with Gasteiger partial charge in [-0.3, -0.25) is 9.59 Å². The number of nitrogens with zero attached hydrogens (tertiary/aromatic N) is 4. The van der Waals surface area contributed by atoms with Crippen LogP contribution in [0.25, 0.3) is 5.65 Å². The fraction of sp³-hybridized carbons (Fsp3) is 0.333. The van der Waals surface area contributed by atoms with Crippen LogP contribution in [-0.2, 0) is 0 Å². The van der Waals surface area contributed by atoms with Crippen LogP contribution < -0.4 is 5.32 Å². The van der Waals surface area contributed by atoms with Gasteiger partial charge in [0.1, 0.15) is 0 Å². The van der Waals surface area contributed by atoms with E-state index in [1.54, 1.807) is 24.0 Å². The molecule has 0 bridgehead atoms. The fourth-order valence-electron chi connectivity index (χ4n) is 3.44. The Balaban J connectivity index is 1.65. The summed E-state index contributed by atoms with van der Waals surface area (Å²) in [4.78, 5) is 32.9. The molecule has 3 aromatic rings. The van der Waals surface area contributed by atoms with E-state index in [9.17, 15) is 9.59 Å². The summed E-state index contributed by atoms with van der Waals surface area (Å²) in [6, 6.07) is 5.58. The van der Waals surface area contributed by atoms with Gasteiger partial charge >= 0.3 is 0 Å². The van der Waals surface area contributed by atoms with Crippen LogP contribution in [0, 0.1) is 6.92 Å². The number of carbonyl (C=O) groups is 2. The van der Waals surface area contributed by atoms with Gasteiger partial charge in [-0.25, -0.2) is 9.50 Å². The lowest BCUT2D eigenvalue weighted by molar-refractivity contribution is 0.0735. The van der Waals surface area contributed by atoms with Crippen LogP contribution >= 0.6 is 11.3 Å². The van der Waals surface area contributed by atoms with Crippen molar-refractivity contribution in [3.63, 3.8) is 0 Å². The molecule has 4 heterocycles. The minimum atomic E-state index is -0.0960. The number of carbonyl (C=O) groups excluding carboxylic acids is 2. The summed E-state index contributed by atoms with van der Waals surface area (Å²) < 4.78 is 1.69. The topological polar surface area (TPSA) is 79.6 Å². The quantitative estimate of drug-likeness (QED) is 0.769. The molecule has 7 nitrogen and oxygen atoms in total. The summed E-state index contributed by atoms with van der Waals surface area (Å²) in [5.74, 6) is -0.133. The molecular weight excluding hydrogens is 350 g/mol. The van der Waals surface area contributed by atoms with Gasteiger partial charge in [0.2, 0.25) is 0 Å². The second-order valence-corrected chi connectivity index (χ2v) is 7.41. The van der Waals surface area contributed by atoms with Crippen LogP contribution in [-0.4, -0.2) is 44.9 Å². The molecule has 0 aliphatic carbocycles. The molecule has 0 aromatic carbocycles. The molecule has 0 spiro atoms.